The summed E-state index contributed by atoms with van der Waals surface area (Å²) < 4.78 is 0. The Hall–Kier alpha value is -2.67. The van der Waals surface area contributed by atoms with Crippen molar-refractivity contribution in [3.8, 4) is 0 Å². The first-order chi connectivity index (χ1) is 14.4. The number of likely N-dealkylation sites (tertiary alicyclic amines) is 1. The first kappa shape index (κ1) is 20.6. The zero-order valence-electron chi connectivity index (χ0n) is 17.6. The third-order valence-corrected chi connectivity index (χ3v) is 6.85. The molecule has 160 valence electrons. The molecule has 0 aliphatic carbocycles. The van der Waals surface area contributed by atoms with Crippen LogP contribution in [0.2, 0.25) is 0 Å². The number of rotatable bonds is 4. The lowest BCUT2D eigenvalue weighted by Crippen LogP contribution is -2.57. The molecular formula is C23H30N4O3. The molecule has 2 saturated heterocycles. The quantitative estimate of drug-likeness (QED) is 0.720. The van der Waals surface area contributed by atoms with Gasteiger partial charge in [-0.3, -0.25) is 14.7 Å². The maximum absolute atomic E-state index is 13.0. The number of nitrogens with zero attached hydrogens (tertiary/aromatic N) is 2. The summed E-state index contributed by atoms with van der Waals surface area (Å²) in [4.78, 5) is 27.6. The number of benzene rings is 1. The van der Waals surface area contributed by atoms with Crippen LogP contribution in [0, 0.1) is 19.3 Å². The van der Waals surface area contributed by atoms with E-state index in [9.17, 15) is 14.7 Å². The zero-order valence-corrected chi connectivity index (χ0v) is 17.6. The number of amides is 2. The third kappa shape index (κ3) is 3.86. The molecule has 2 amide bonds. The second kappa shape index (κ2) is 8.22. The molecule has 0 saturated carbocycles. The average Bonchev–Trinajstić information content (AvgIpc) is 3.07. The average molecular weight is 411 g/mol. The van der Waals surface area contributed by atoms with E-state index in [1.54, 1.807) is 0 Å². The minimum Gasteiger partial charge on any atom is -0.391 e. The van der Waals surface area contributed by atoms with Crippen LogP contribution in [-0.4, -0.2) is 51.2 Å². The van der Waals surface area contributed by atoms with Crippen molar-refractivity contribution < 1.29 is 14.7 Å². The number of H-pyrrole nitrogens is 1. The first-order valence-electron chi connectivity index (χ1n) is 10.7. The topological polar surface area (TPSA) is 98.3 Å². The van der Waals surface area contributed by atoms with Gasteiger partial charge in [-0.1, -0.05) is 30.3 Å². The van der Waals surface area contributed by atoms with Crippen LogP contribution in [0.3, 0.4) is 0 Å². The maximum atomic E-state index is 13.0. The number of carbonyl (C=O) groups excluding carboxylic acids is 2. The van der Waals surface area contributed by atoms with Crippen LogP contribution < -0.4 is 5.32 Å². The Morgan fingerprint density at radius 3 is 2.57 bits per heavy atom. The zero-order chi connectivity index (χ0) is 21.3. The molecule has 1 aromatic heterocycles. The molecule has 2 aliphatic rings. The van der Waals surface area contributed by atoms with E-state index < -0.39 is 11.5 Å². The summed E-state index contributed by atoms with van der Waals surface area (Å²) in [7, 11) is 0. The van der Waals surface area contributed by atoms with Gasteiger partial charge in [0.2, 0.25) is 11.8 Å². The number of aromatic nitrogens is 2. The number of carbonyl (C=O) groups is 2. The molecule has 1 spiro atoms. The Morgan fingerprint density at radius 1 is 1.23 bits per heavy atom. The van der Waals surface area contributed by atoms with Crippen LogP contribution in [0.15, 0.2) is 30.3 Å². The van der Waals surface area contributed by atoms with E-state index in [2.05, 4.69) is 15.5 Å². The van der Waals surface area contributed by atoms with Crippen molar-refractivity contribution in [3.63, 3.8) is 0 Å². The fraction of sp³-hybridized carbons (Fsp3) is 0.522. The van der Waals surface area contributed by atoms with Gasteiger partial charge in [-0.15, -0.1) is 0 Å². The molecule has 3 N–H and O–H groups in total. The second-order valence-electron chi connectivity index (χ2n) is 8.71. The van der Waals surface area contributed by atoms with Crippen LogP contribution in [0.1, 0.15) is 54.2 Å². The van der Waals surface area contributed by atoms with Gasteiger partial charge in [-0.05, 0) is 50.7 Å². The van der Waals surface area contributed by atoms with Crippen LogP contribution in [0.25, 0.3) is 0 Å². The normalized spacial score (nSPS) is 23.4. The number of hydrogen-bond acceptors (Lipinski definition) is 4. The van der Waals surface area contributed by atoms with Gasteiger partial charge in [0.05, 0.1) is 23.3 Å². The summed E-state index contributed by atoms with van der Waals surface area (Å²) in [5.74, 6) is 0.113. The van der Waals surface area contributed by atoms with E-state index in [1.807, 2.05) is 49.1 Å². The molecule has 2 atom stereocenters. The lowest BCUT2D eigenvalue weighted by Gasteiger charge is -2.46. The fourth-order valence-electron chi connectivity index (χ4n) is 4.92. The van der Waals surface area contributed by atoms with Crippen molar-refractivity contribution in [2.75, 3.05) is 13.1 Å². The van der Waals surface area contributed by atoms with E-state index in [0.717, 1.165) is 22.5 Å². The van der Waals surface area contributed by atoms with Crippen LogP contribution >= 0.6 is 0 Å². The molecule has 7 nitrogen and oxygen atoms in total. The highest BCUT2D eigenvalue weighted by Gasteiger charge is 2.49. The number of aliphatic hydroxyl groups excluding tert-OH is 1. The van der Waals surface area contributed by atoms with Crippen molar-refractivity contribution in [3.05, 3.63) is 52.8 Å². The van der Waals surface area contributed by atoms with Crippen molar-refractivity contribution in [2.24, 2.45) is 5.41 Å². The Kier molecular flexibility index (Phi) is 5.64. The summed E-state index contributed by atoms with van der Waals surface area (Å²) in [6.07, 6.45) is 2.11. The van der Waals surface area contributed by atoms with E-state index in [-0.39, 0.29) is 17.9 Å². The maximum Gasteiger partial charge on any atom is 0.227 e. The summed E-state index contributed by atoms with van der Waals surface area (Å²) >= 11 is 0. The smallest absolute Gasteiger partial charge is 0.227 e. The fourth-order valence-corrected chi connectivity index (χ4v) is 4.92. The number of nitrogens with one attached hydrogen (secondary N) is 2. The Morgan fingerprint density at radius 2 is 1.93 bits per heavy atom. The molecule has 3 heterocycles. The number of piperidine rings is 2. The summed E-state index contributed by atoms with van der Waals surface area (Å²) in [5.41, 5.74) is 3.40. The van der Waals surface area contributed by atoms with Crippen molar-refractivity contribution in [2.45, 2.75) is 58.1 Å². The number of aromatic amines is 1. The Bertz CT molecular complexity index is 896. The summed E-state index contributed by atoms with van der Waals surface area (Å²) in [6, 6.07) is 9.23. The van der Waals surface area contributed by atoms with Crippen molar-refractivity contribution in [1.29, 1.82) is 0 Å². The van der Waals surface area contributed by atoms with Crippen molar-refractivity contribution >= 4 is 11.8 Å². The minimum absolute atomic E-state index is 0.00148. The molecule has 2 aromatic rings. The van der Waals surface area contributed by atoms with Crippen LogP contribution in [0.4, 0.5) is 0 Å². The van der Waals surface area contributed by atoms with E-state index in [0.29, 0.717) is 45.2 Å². The number of hydrogen-bond donors (Lipinski definition) is 3. The molecule has 7 heteroatoms. The van der Waals surface area contributed by atoms with E-state index in [1.165, 1.54) is 0 Å². The molecule has 2 fully saturated rings. The molecule has 0 unspecified atom stereocenters. The van der Waals surface area contributed by atoms with Gasteiger partial charge in [0.25, 0.3) is 0 Å². The van der Waals surface area contributed by atoms with Crippen LogP contribution in [-0.2, 0) is 16.0 Å². The van der Waals surface area contributed by atoms with Gasteiger partial charge in [0.1, 0.15) is 0 Å². The highest BCUT2D eigenvalue weighted by atomic mass is 16.3. The molecular weight excluding hydrogens is 380 g/mol. The highest BCUT2D eigenvalue weighted by Crippen LogP contribution is 2.42. The molecule has 0 radical (unpaired) electrons. The monoisotopic (exact) mass is 410 g/mol. The van der Waals surface area contributed by atoms with Gasteiger partial charge < -0.3 is 15.3 Å². The highest BCUT2D eigenvalue weighted by molar-refractivity contribution is 5.85. The second-order valence-corrected chi connectivity index (χ2v) is 8.71. The van der Waals surface area contributed by atoms with Gasteiger partial charge in [0.15, 0.2) is 0 Å². The lowest BCUT2D eigenvalue weighted by atomic mass is 9.69. The largest absolute Gasteiger partial charge is 0.391 e. The Labute approximate surface area is 176 Å². The molecule has 0 bridgehead atoms. The van der Waals surface area contributed by atoms with Gasteiger partial charge in [0, 0.05) is 25.2 Å². The van der Waals surface area contributed by atoms with Gasteiger partial charge in [-0.2, -0.15) is 5.10 Å². The summed E-state index contributed by atoms with van der Waals surface area (Å²) in [6.45, 7) is 5.03. The molecule has 1 aromatic carbocycles. The van der Waals surface area contributed by atoms with E-state index >= 15 is 0 Å². The third-order valence-electron chi connectivity index (χ3n) is 6.85. The van der Waals surface area contributed by atoms with Crippen molar-refractivity contribution in [1.82, 2.24) is 20.4 Å². The van der Waals surface area contributed by atoms with Gasteiger partial charge >= 0.3 is 0 Å². The van der Waals surface area contributed by atoms with Gasteiger partial charge in [-0.25, -0.2) is 0 Å². The molecule has 2 aliphatic heterocycles. The summed E-state index contributed by atoms with van der Waals surface area (Å²) in [5, 5.41) is 21.0. The lowest BCUT2D eigenvalue weighted by molar-refractivity contribution is -0.148. The number of aryl methyl sites for hydroxylation is 2. The standard InChI is InChI=1S/C23H30N4O3/c1-15-18(16(2)26-25-15)8-9-20(29)27-12-10-23(11-13-27)14-19(28)21(24-22(23)30)17-6-4-3-5-7-17/h3-7,19,21,28H,8-14H2,1-2H3,(H,24,30)(H,25,26)/t19-,21+/m1/s1. The molecule has 4 rings (SSSR count). The van der Waals surface area contributed by atoms with E-state index in [4.69, 9.17) is 0 Å². The molecule has 30 heavy (non-hydrogen) atoms. The predicted molar refractivity (Wildman–Crippen MR) is 113 cm³/mol. The Balaban J connectivity index is 1.34. The predicted octanol–water partition coefficient (Wildman–Crippen LogP) is 2.19. The van der Waals surface area contributed by atoms with Crippen LogP contribution in [0.5, 0.6) is 0 Å². The number of aliphatic hydroxyl groups is 1. The first-order valence-corrected chi connectivity index (χ1v) is 10.7. The SMILES string of the molecule is Cc1n[nH]c(C)c1CCC(=O)N1CCC2(CC1)C[C@@H](O)[C@H](c1ccccc1)NC2=O. The minimum atomic E-state index is -0.626.